The molecule has 2 fully saturated rings. The van der Waals surface area contributed by atoms with Crippen LogP contribution in [-0.2, 0) is 15.7 Å². The highest BCUT2D eigenvalue weighted by Crippen LogP contribution is 2.37. The van der Waals surface area contributed by atoms with Crippen molar-refractivity contribution in [2.24, 2.45) is 0 Å². The Labute approximate surface area is 192 Å². The molecule has 3 heterocycles. The normalized spacial score (nSPS) is 19.6. The summed E-state index contributed by atoms with van der Waals surface area (Å²) in [5, 5.41) is 0.743. The first-order chi connectivity index (χ1) is 16.3. The van der Waals surface area contributed by atoms with Crippen LogP contribution in [0.1, 0.15) is 5.56 Å². The standard InChI is InChI=1S/C24H22F3N3O4/c25-24(26,27)20-4-2-1-3-18(20)21-11-15-5-6-16(12-19(15)22(31)28-21)30-17(14-34-23(30)32)13-29-7-9-33-10-8-29/h1-6,11-12,17H,7-10,13-14H2,(H,28,31). The summed E-state index contributed by atoms with van der Waals surface area (Å²) in [7, 11) is 0. The molecular formula is C24H22F3N3O4. The highest BCUT2D eigenvalue weighted by Gasteiger charge is 2.36. The molecule has 34 heavy (non-hydrogen) atoms. The first-order valence-electron chi connectivity index (χ1n) is 10.9. The summed E-state index contributed by atoms with van der Waals surface area (Å²) in [4.78, 5) is 31.7. The number of nitrogens with zero attached hydrogens (tertiary/aromatic N) is 2. The molecule has 7 nitrogen and oxygen atoms in total. The molecule has 1 atom stereocenters. The molecule has 0 aliphatic carbocycles. The number of hydrogen-bond acceptors (Lipinski definition) is 5. The summed E-state index contributed by atoms with van der Waals surface area (Å²) < 4.78 is 51.0. The number of benzene rings is 2. The second-order valence-electron chi connectivity index (χ2n) is 8.34. The van der Waals surface area contributed by atoms with Gasteiger partial charge in [-0.2, -0.15) is 13.2 Å². The third-order valence-electron chi connectivity index (χ3n) is 6.16. The Hall–Kier alpha value is -3.37. The molecule has 5 rings (SSSR count). The number of carbonyl (C=O) groups is 1. The molecule has 0 saturated carbocycles. The predicted molar refractivity (Wildman–Crippen MR) is 120 cm³/mol. The minimum atomic E-state index is -4.56. The number of halogens is 3. The van der Waals surface area contributed by atoms with Crippen molar-refractivity contribution < 1.29 is 27.4 Å². The number of hydrogen-bond donors (Lipinski definition) is 1. The summed E-state index contributed by atoms with van der Waals surface area (Å²) in [6.45, 7) is 3.63. The van der Waals surface area contributed by atoms with Crippen LogP contribution in [0.15, 0.2) is 53.3 Å². The lowest BCUT2D eigenvalue weighted by molar-refractivity contribution is -0.137. The van der Waals surface area contributed by atoms with E-state index in [4.69, 9.17) is 9.47 Å². The number of morpholine rings is 1. The number of fused-ring (bicyclic) bond motifs is 1. The van der Waals surface area contributed by atoms with Gasteiger partial charge in [-0.15, -0.1) is 0 Å². The van der Waals surface area contributed by atoms with E-state index in [1.165, 1.54) is 29.2 Å². The number of nitrogens with one attached hydrogen (secondary N) is 1. The molecule has 0 radical (unpaired) electrons. The Kier molecular flexibility index (Phi) is 5.78. The zero-order chi connectivity index (χ0) is 23.9. The largest absolute Gasteiger partial charge is 0.447 e. The summed E-state index contributed by atoms with van der Waals surface area (Å²) >= 11 is 0. The van der Waals surface area contributed by atoms with Crippen molar-refractivity contribution in [3.63, 3.8) is 0 Å². The van der Waals surface area contributed by atoms with Gasteiger partial charge in [-0.05, 0) is 29.7 Å². The fourth-order valence-corrected chi connectivity index (χ4v) is 4.50. The van der Waals surface area contributed by atoms with Crippen molar-refractivity contribution in [3.8, 4) is 11.3 Å². The average molecular weight is 473 g/mol. The number of pyridine rings is 1. The van der Waals surface area contributed by atoms with Crippen molar-refractivity contribution in [2.45, 2.75) is 12.2 Å². The predicted octanol–water partition coefficient (Wildman–Crippen LogP) is 3.87. The van der Waals surface area contributed by atoms with Crippen LogP contribution >= 0.6 is 0 Å². The van der Waals surface area contributed by atoms with Crippen LogP contribution < -0.4 is 10.5 Å². The third kappa shape index (κ3) is 4.26. The van der Waals surface area contributed by atoms with Crippen molar-refractivity contribution in [1.29, 1.82) is 0 Å². The maximum absolute atomic E-state index is 13.5. The molecule has 0 spiro atoms. The molecule has 2 aromatic carbocycles. The van der Waals surface area contributed by atoms with Crippen LogP contribution in [0.2, 0.25) is 0 Å². The molecule has 0 bridgehead atoms. The second kappa shape index (κ2) is 8.77. The van der Waals surface area contributed by atoms with Gasteiger partial charge < -0.3 is 14.5 Å². The van der Waals surface area contributed by atoms with Gasteiger partial charge in [0.25, 0.3) is 5.56 Å². The van der Waals surface area contributed by atoms with Gasteiger partial charge in [-0.3, -0.25) is 14.6 Å². The number of aromatic nitrogens is 1. The quantitative estimate of drug-likeness (QED) is 0.623. The number of aromatic amines is 1. The molecule has 2 aliphatic rings. The minimum absolute atomic E-state index is 0.0731. The molecule has 3 aromatic rings. The van der Waals surface area contributed by atoms with E-state index >= 15 is 0 Å². The first-order valence-corrected chi connectivity index (χ1v) is 10.9. The molecule has 2 aliphatic heterocycles. The van der Waals surface area contributed by atoms with Crippen molar-refractivity contribution >= 4 is 22.6 Å². The van der Waals surface area contributed by atoms with Crippen LogP contribution in [0.3, 0.4) is 0 Å². The third-order valence-corrected chi connectivity index (χ3v) is 6.16. The number of cyclic esters (lactones) is 1. The van der Waals surface area contributed by atoms with E-state index in [0.29, 0.717) is 30.8 Å². The molecular weight excluding hydrogens is 451 g/mol. The number of carbonyl (C=O) groups excluding carboxylic acids is 1. The van der Waals surface area contributed by atoms with E-state index in [1.54, 1.807) is 18.2 Å². The monoisotopic (exact) mass is 473 g/mol. The van der Waals surface area contributed by atoms with E-state index in [2.05, 4.69) is 9.88 Å². The summed E-state index contributed by atoms with van der Waals surface area (Å²) in [5.41, 5.74) is -0.895. The van der Waals surface area contributed by atoms with Gasteiger partial charge in [-0.25, -0.2) is 4.79 Å². The number of alkyl halides is 3. The number of amides is 1. The van der Waals surface area contributed by atoms with Crippen molar-refractivity contribution in [3.05, 3.63) is 64.4 Å². The maximum Gasteiger partial charge on any atom is 0.417 e. The van der Waals surface area contributed by atoms with Crippen LogP contribution in [0, 0.1) is 0 Å². The summed E-state index contributed by atoms with van der Waals surface area (Å²) in [5.74, 6) is 0. The molecule has 1 unspecified atom stereocenters. The van der Waals surface area contributed by atoms with Gasteiger partial charge in [0.05, 0.1) is 24.8 Å². The van der Waals surface area contributed by atoms with E-state index in [1.807, 2.05) is 0 Å². The van der Waals surface area contributed by atoms with E-state index < -0.39 is 23.4 Å². The van der Waals surface area contributed by atoms with E-state index in [-0.39, 0.29) is 29.3 Å². The van der Waals surface area contributed by atoms with E-state index in [9.17, 15) is 22.8 Å². The lowest BCUT2D eigenvalue weighted by Gasteiger charge is -2.31. The van der Waals surface area contributed by atoms with Gasteiger partial charge >= 0.3 is 12.3 Å². The Morgan fingerprint density at radius 3 is 2.56 bits per heavy atom. The Morgan fingerprint density at radius 2 is 1.79 bits per heavy atom. The van der Waals surface area contributed by atoms with Gasteiger partial charge in [0.15, 0.2) is 0 Å². The molecule has 1 amide bonds. The smallest absolute Gasteiger partial charge is 0.417 e. The first kappa shape index (κ1) is 22.4. The Bertz CT molecular complexity index is 1280. The lowest BCUT2D eigenvalue weighted by atomic mass is 10.0. The van der Waals surface area contributed by atoms with Crippen LogP contribution in [0.5, 0.6) is 0 Å². The SMILES string of the molecule is O=C1OCC(CN2CCOCC2)N1c1ccc2cc(-c3ccccc3C(F)(F)F)[nH]c(=O)c2c1. The minimum Gasteiger partial charge on any atom is -0.447 e. The van der Waals surface area contributed by atoms with Crippen molar-refractivity contribution in [2.75, 3.05) is 44.4 Å². The van der Waals surface area contributed by atoms with E-state index in [0.717, 1.165) is 19.2 Å². The second-order valence-corrected chi connectivity index (χ2v) is 8.34. The van der Waals surface area contributed by atoms with Gasteiger partial charge in [0, 0.05) is 42.0 Å². The zero-order valence-corrected chi connectivity index (χ0v) is 18.1. The van der Waals surface area contributed by atoms with Gasteiger partial charge in [0.1, 0.15) is 6.61 Å². The molecule has 1 N–H and O–H groups in total. The highest BCUT2D eigenvalue weighted by molar-refractivity contribution is 5.95. The van der Waals surface area contributed by atoms with Crippen LogP contribution in [0.4, 0.5) is 23.7 Å². The number of rotatable bonds is 4. The molecule has 178 valence electrons. The number of ether oxygens (including phenoxy) is 2. The van der Waals surface area contributed by atoms with Crippen LogP contribution in [-0.4, -0.2) is 61.5 Å². The van der Waals surface area contributed by atoms with Crippen molar-refractivity contribution in [1.82, 2.24) is 9.88 Å². The molecule has 2 saturated heterocycles. The zero-order valence-electron chi connectivity index (χ0n) is 18.1. The fourth-order valence-electron chi connectivity index (χ4n) is 4.50. The number of anilines is 1. The highest BCUT2D eigenvalue weighted by atomic mass is 19.4. The fraction of sp³-hybridized carbons (Fsp3) is 0.333. The lowest BCUT2D eigenvalue weighted by Crippen LogP contribution is -2.46. The Balaban J connectivity index is 1.49. The molecule has 10 heteroatoms. The van der Waals surface area contributed by atoms with Gasteiger partial charge in [-0.1, -0.05) is 24.3 Å². The number of H-pyrrole nitrogens is 1. The summed E-state index contributed by atoms with van der Waals surface area (Å²) in [6, 6.07) is 11.3. The van der Waals surface area contributed by atoms with Gasteiger partial charge in [0.2, 0.25) is 0 Å². The molecule has 1 aromatic heterocycles. The Morgan fingerprint density at radius 1 is 1.03 bits per heavy atom. The average Bonchev–Trinajstić information content (AvgIpc) is 3.18. The summed E-state index contributed by atoms with van der Waals surface area (Å²) in [6.07, 6.45) is -5.05. The maximum atomic E-state index is 13.5. The van der Waals surface area contributed by atoms with Crippen LogP contribution in [0.25, 0.3) is 22.0 Å². The topological polar surface area (TPSA) is 74.9 Å².